The summed E-state index contributed by atoms with van der Waals surface area (Å²) >= 11 is 0. The molecule has 5 unspecified atom stereocenters. The predicted molar refractivity (Wildman–Crippen MR) is 178 cm³/mol. The Hall–Kier alpha value is -0.000519. The molecule has 8 rings (SSSR count). The van der Waals surface area contributed by atoms with E-state index in [1.165, 1.54) is 71.1 Å². The van der Waals surface area contributed by atoms with Crippen LogP contribution in [0.25, 0.3) is 0 Å². The van der Waals surface area contributed by atoms with Gasteiger partial charge in [-0.2, -0.15) is 11.6 Å². The maximum atomic E-state index is 3.81. The molecule has 2 nitrogen and oxygen atoms in total. The van der Waals surface area contributed by atoms with Crippen molar-refractivity contribution in [1.29, 1.82) is 0 Å². The van der Waals surface area contributed by atoms with Crippen molar-refractivity contribution in [2.45, 2.75) is 101 Å². The van der Waals surface area contributed by atoms with Gasteiger partial charge in [-0.3, -0.25) is 0 Å². The maximum absolute atomic E-state index is 3.81. The van der Waals surface area contributed by atoms with Gasteiger partial charge in [-0.25, -0.2) is 12.1 Å². The van der Waals surface area contributed by atoms with Gasteiger partial charge in [-0.1, -0.05) is 20.8 Å². The number of rotatable bonds is 6. The van der Waals surface area contributed by atoms with Crippen molar-refractivity contribution in [2.24, 2.45) is 35.0 Å². The molecular weight excluding hydrogens is 578 g/mol. The molecular formula is C36H56FeN2P2-6. The molecule has 0 aromatic heterocycles. The summed E-state index contributed by atoms with van der Waals surface area (Å²) in [4.78, 5) is 0. The van der Waals surface area contributed by atoms with Gasteiger partial charge >= 0.3 is 0 Å². The second-order valence-electron chi connectivity index (χ2n) is 15.5. The van der Waals surface area contributed by atoms with E-state index in [1.54, 1.807) is 30.4 Å². The Bertz CT molecular complexity index is 987. The number of hydrogen-bond donors (Lipinski definition) is 2. The van der Waals surface area contributed by atoms with Crippen LogP contribution in [0.3, 0.4) is 0 Å². The molecule has 2 aromatic carbocycles. The Morgan fingerprint density at radius 3 is 1.78 bits per heavy atom. The molecule has 5 heteroatoms. The quantitative estimate of drug-likeness (QED) is 0.189. The monoisotopic (exact) mass is 634 g/mol. The Labute approximate surface area is 266 Å². The first-order valence-electron chi connectivity index (χ1n) is 16.7. The molecule has 41 heavy (non-hydrogen) atoms. The zero-order valence-corrected chi connectivity index (χ0v) is 29.2. The van der Waals surface area contributed by atoms with E-state index in [9.17, 15) is 0 Å². The Kier molecular flexibility index (Phi) is 10.7. The van der Waals surface area contributed by atoms with Crippen LogP contribution >= 0.6 is 17.8 Å². The van der Waals surface area contributed by atoms with Crippen molar-refractivity contribution in [3.05, 3.63) is 59.7 Å². The van der Waals surface area contributed by atoms with Crippen molar-refractivity contribution in [1.82, 2.24) is 10.6 Å². The molecule has 6 aliphatic rings. The predicted octanol–water partition coefficient (Wildman–Crippen LogP) is 8.61. The molecule has 0 amide bonds. The van der Waals surface area contributed by atoms with E-state index in [2.05, 4.69) is 58.8 Å². The van der Waals surface area contributed by atoms with Gasteiger partial charge in [0.05, 0.1) is 0 Å². The van der Waals surface area contributed by atoms with E-state index in [1.807, 2.05) is 30.3 Å². The van der Waals surface area contributed by atoms with Crippen LogP contribution in [0.2, 0.25) is 0 Å². The zero-order valence-electron chi connectivity index (χ0n) is 25.9. The van der Waals surface area contributed by atoms with Crippen LogP contribution in [0, 0.1) is 35.0 Å². The van der Waals surface area contributed by atoms with Crippen molar-refractivity contribution in [2.75, 3.05) is 26.2 Å². The summed E-state index contributed by atoms with van der Waals surface area (Å²) in [7, 11) is 4.58. The minimum Gasteiger partial charge on any atom is -0.748 e. The van der Waals surface area contributed by atoms with Gasteiger partial charge in [0.1, 0.15) is 0 Å². The minimum atomic E-state index is 0. The summed E-state index contributed by atoms with van der Waals surface area (Å²) in [5, 5.41) is 8.20. The first-order chi connectivity index (χ1) is 19.3. The minimum absolute atomic E-state index is 0. The third-order valence-electron chi connectivity index (χ3n) is 11.4. The van der Waals surface area contributed by atoms with Gasteiger partial charge in [-0.05, 0) is 141 Å². The number of nitrogens with one attached hydrogen (secondary N) is 2. The molecule has 2 saturated heterocycles. The fourth-order valence-corrected chi connectivity index (χ4v) is 13.0. The number of piperidine rings is 2. The van der Waals surface area contributed by atoms with Crippen LogP contribution in [-0.2, 0) is 22.2 Å². The van der Waals surface area contributed by atoms with Crippen LogP contribution in [0.1, 0.15) is 102 Å². The van der Waals surface area contributed by atoms with Gasteiger partial charge in [0.25, 0.3) is 0 Å². The van der Waals surface area contributed by atoms with Gasteiger partial charge in [0, 0.05) is 17.1 Å². The zero-order chi connectivity index (χ0) is 27.8. The summed E-state index contributed by atoms with van der Waals surface area (Å²) in [6.07, 6.45) is 14.6. The van der Waals surface area contributed by atoms with Gasteiger partial charge in [0.15, 0.2) is 0 Å². The third-order valence-corrected chi connectivity index (χ3v) is 14.7. The fourth-order valence-electron chi connectivity index (χ4n) is 10.2. The molecule has 2 aromatic rings. The molecule has 2 N–H and O–H groups in total. The Morgan fingerprint density at radius 2 is 1.37 bits per heavy atom. The van der Waals surface area contributed by atoms with Gasteiger partial charge in [0.2, 0.25) is 0 Å². The van der Waals surface area contributed by atoms with E-state index in [0.29, 0.717) is 10.6 Å². The third kappa shape index (κ3) is 6.97. The molecule has 234 valence electrons. The van der Waals surface area contributed by atoms with Gasteiger partial charge in [-0.15, -0.1) is 23.4 Å². The SMILES string of the molecule is CC(C)(C)PC([c-]1cccc1C(P)(C1CCCNC1)C1CCCNC1)C12CC3CC(CC(C3)C1)C2.[Fe].[cH-]1[cH-][cH-][cH-][cH-]1. The van der Waals surface area contributed by atoms with Crippen molar-refractivity contribution < 1.29 is 17.1 Å². The second-order valence-corrected chi connectivity index (χ2v) is 18.8. The normalized spacial score (nSPS) is 35.4. The van der Waals surface area contributed by atoms with Crippen LogP contribution in [-0.4, -0.2) is 31.3 Å². The molecule has 5 atom stereocenters. The summed E-state index contributed by atoms with van der Waals surface area (Å²) < 4.78 is 0. The average molecular weight is 635 g/mol. The maximum Gasteiger partial charge on any atom is 0 e. The van der Waals surface area contributed by atoms with Crippen LogP contribution in [0.4, 0.5) is 0 Å². The summed E-state index contributed by atoms with van der Waals surface area (Å²) in [5.74, 6) is 4.53. The van der Waals surface area contributed by atoms with E-state index in [-0.39, 0.29) is 22.2 Å². The average Bonchev–Trinajstić information content (AvgIpc) is 3.67. The van der Waals surface area contributed by atoms with E-state index in [0.717, 1.165) is 43.8 Å². The molecule has 2 aliphatic heterocycles. The smallest absolute Gasteiger partial charge is 0 e. The van der Waals surface area contributed by atoms with Crippen LogP contribution < -0.4 is 10.6 Å². The molecule has 0 spiro atoms. The standard InChI is InChI=1S/C31H51N2P2.C5H5.Fe/c1-29(2,3)35-28(30-16-21-13-22(17-30)15-23(14-21)18-30)26-9-4-10-27(26)31(34,24-7-5-11-32-19-24)25-8-6-12-33-20-25;1-2-4-5-3-1;/h4,9-10,21-25,28,32-33,35H,5-8,11-20,34H2,1-3H3;1-5H;/q-1;-5;. The summed E-state index contributed by atoms with van der Waals surface area (Å²) in [6, 6.07) is 17.7. The Morgan fingerprint density at radius 1 is 0.878 bits per heavy atom. The van der Waals surface area contributed by atoms with E-state index < -0.39 is 0 Å². The van der Waals surface area contributed by atoms with E-state index >= 15 is 0 Å². The van der Waals surface area contributed by atoms with Crippen LogP contribution in [0.5, 0.6) is 0 Å². The first kappa shape index (κ1) is 32.4. The van der Waals surface area contributed by atoms with Crippen LogP contribution in [0.15, 0.2) is 48.5 Å². The molecule has 4 saturated carbocycles. The van der Waals surface area contributed by atoms with Gasteiger partial charge < -0.3 is 41.0 Å². The molecule has 0 radical (unpaired) electrons. The molecule has 2 heterocycles. The van der Waals surface area contributed by atoms with E-state index in [4.69, 9.17) is 0 Å². The summed E-state index contributed by atoms with van der Waals surface area (Å²) in [5.41, 5.74) is 4.85. The number of hydrogen-bond acceptors (Lipinski definition) is 2. The van der Waals surface area contributed by atoms with Crippen molar-refractivity contribution >= 4 is 17.8 Å². The molecule has 4 aliphatic carbocycles. The first-order valence-corrected chi connectivity index (χ1v) is 18.3. The van der Waals surface area contributed by atoms with Crippen molar-refractivity contribution in [3.63, 3.8) is 0 Å². The largest absolute Gasteiger partial charge is 0.748 e. The second kappa shape index (κ2) is 13.6. The Balaban J connectivity index is 0.000000510. The molecule has 6 fully saturated rings. The topological polar surface area (TPSA) is 24.1 Å². The molecule has 4 bridgehead atoms. The summed E-state index contributed by atoms with van der Waals surface area (Å²) in [6.45, 7) is 12.3. The van der Waals surface area contributed by atoms with Crippen molar-refractivity contribution in [3.8, 4) is 0 Å². The fraction of sp³-hybridized carbons (Fsp3) is 0.722.